The summed E-state index contributed by atoms with van der Waals surface area (Å²) in [5, 5.41) is 12.3. The molecule has 1 atom stereocenters. The van der Waals surface area contributed by atoms with E-state index in [2.05, 4.69) is 17.2 Å². The Bertz CT molecular complexity index is 551. The lowest BCUT2D eigenvalue weighted by Crippen LogP contribution is -2.16. The lowest BCUT2D eigenvalue weighted by molar-refractivity contribution is 0.298. The minimum atomic E-state index is 0.109. The Morgan fingerprint density at radius 2 is 2.05 bits per heavy atom. The van der Waals surface area contributed by atoms with Crippen molar-refractivity contribution in [1.29, 1.82) is 0 Å². The van der Waals surface area contributed by atoms with Crippen LogP contribution in [0.1, 0.15) is 30.6 Å². The van der Waals surface area contributed by atoms with Crippen LogP contribution in [-0.4, -0.2) is 23.7 Å². The van der Waals surface area contributed by atoms with Crippen molar-refractivity contribution in [2.75, 3.05) is 13.7 Å². The van der Waals surface area contributed by atoms with Crippen LogP contribution in [0, 0.1) is 0 Å². The Hall–Kier alpha value is -1.91. The minimum Gasteiger partial charge on any atom is -0.455 e. The molecule has 1 aromatic heterocycles. The van der Waals surface area contributed by atoms with Gasteiger partial charge in [-0.15, -0.1) is 0 Å². The molecule has 1 heterocycles. The van der Waals surface area contributed by atoms with Crippen molar-refractivity contribution in [2.45, 2.75) is 25.8 Å². The van der Waals surface area contributed by atoms with Crippen LogP contribution in [0.4, 0.5) is 0 Å². The highest BCUT2D eigenvalue weighted by Gasteiger charge is 2.09. The fourth-order valence-corrected chi connectivity index (χ4v) is 2.28. The van der Waals surface area contributed by atoms with Crippen molar-refractivity contribution in [2.24, 2.45) is 0 Å². The van der Waals surface area contributed by atoms with Gasteiger partial charge in [0.15, 0.2) is 0 Å². The zero-order valence-corrected chi connectivity index (χ0v) is 12.5. The van der Waals surface area contributed by atoms with E-state index in [0.717, 1.165) is 23.4 Å². The summed E-state index contributed by atoms with van der Waals surface area (Å²) in [6, 6.07) is 11.9. The number of benzene rings is 1. The second-order valence-corrected chi connectivity index (χ2v) is 4.85. The average Bonchev–Trinajstić information content (AvgIpc) is 2.52. The number of para-hydroxylation sites is 1. The molecule has 0 aliphatic rings. The van der Waals surface area contributed by atoms with Crippen LogP contribution in [0.15, 0.2) is 42.6 Å². The number of aliphatic hydroxyl groups excluding tert-OH is 1. The third-order valence-electron chi connectivity index (χ3n) is 3.45. The molecule has 0 saturated carbocycles. The van der Waals surface area contributed by atoms with Crippen molar-refractivity contribution in [3.63, 3.8) is 0 Å². The van der Waals surface area contributed by atoms with E-state index >= 15 is 0 Å². The highest BCUT2D eigenvalue weighted by molar-refractivity contribution is 5.37. The number of rotatable bonds is 7. The monoisotopic (exact) mass is 286 g/mol. The summed E-state index contributed by atoms with van der Waals surface area (Å²) < 4.78 is 5.87. The highest BCUT2D eigenvalue weighted by atomic mass is 16.5. The summed E-state index contributed by atoms with van der Waals surface area (Å²) in [5.41, 5.74) is 2.00. The van der Waals surface area contributed by atoms with Gasteiger partial charge in [-0.1, -0.05) is 25.1 Å². The van der Waals surface area contributed by atoms with Crippen LogP contribution in [0.25, 0.3) is 0 Å². The number of pyridine rings is 1. The van der Waals surface area contributed by atoms with Gasteiger partial charge in [0.2, 0.25) is 0 Å². The van der Waals surface area contributed by atoms with E-state index in [1.807, 2.05) is 43.4 Å². The van der Waals surface area contributed by atoms with Gasteiger partial charge >= 0.3 is 0 Å². The Labute approximate surface area is 125 Å². The Balaban J connectivity index is 2.13. The van der Waals surface area contributed by atoms with Crippen LogP contribution in [0.3, 0.4) is 0 Å². The highest BCUT2D eigenvalue weighted by Crippen LogP contribution is 2.26. The molecule has 0 spiro atoms. The van der Waals surface area contributed by atoms with Crippen LogP contribution in [0.2, 0.25) is 0 Å². The topological polar surface area (TPSA) is 54.4 Å². The Morgan fingerprint density at radius 3 is 2.67 bits per heavy atom. The number of ether oxygens (including phenoxy) is 1. The molecule has 0 aliphatic carbocycles. The molecule has 2 rings (SSSR count). The molecule has 2 aromatic rings. The van der Waals surface area contributed by atoms with Gasteiger partial charge < -0.3 is 15.2 Å². The van der Waals surface area contributed by atoms with Crippen molar-refractivity contribution >= 4 is 0 Å². The molecule has 0 bridgehead atoms. The first-order valence-corrected chi connectivity index (χ1v) is 7.28. The minimum absolute atomic E-state index is 0.109. The summed E-state index contributed by atoms with van der Waals surface area (Å²) in [7, 11) is 1.94. The van der Waals surface area contributed by atoms with E-state index in [4.69, 9.17) is 9.84 Å². The molecule has 2 N–H and O–H groups in total. The van der Waals surface area contributed by atoms with Crippen LogP contribution in [0.5, 0.6) is 11.5 Å². The number of nitrogens with one attached hydrogen (secondary N) is 1. The third-order valence-corrected chi connectivity index (χ3v) is 3.45. The third kappa shape index (κ3) is 4.03. The zero-order chi connectivity index (χ0) is 15.1. The normalized spacial score (nSPS) is 12.1. The maximum Gasteiger partial charge on any atom is 0.145 e. The molecule has 0 fully saturated rings. The summed E-state index contributed by atoms with van der Waals surface area (Å²) in [6.45, 7) is 2.23. The van der Waals surface area contributed by atoms with Gasteiger partial charge in [-0.05, 0) is 43.7 Å². The molecule has 0 radical (unpaired) electrons. The number of aliphatic hydroxyl groups is 1. The SMILES string of the molecule is CCC(NC)c1ccc(Oc2ccccc2CCO)cn1. The first-order chi connectivity index (χ1) is 10.3. The molecule has 21 heavy (non-hydrogen) atoms. The second kappa shape index (κ2) is 7.76. The van der Waals surface area contributed by atoms with Gasteiger partial charge in [0, 0.05) is 12.6 Å². The smallest absolute Gasteiger partial charge is 0.145 e. The van der Waals surface area contributed by atoms with E-state index in [0.29, 0.717) is 12.2 Å². The standard InChI is InChI=1S/C17H22N2O2/c1-3-15(18-2)16-9-8-14(12-19-16)21-17-7-5-4-6-13(17)10-11-20/h4-9,12,15,18,20H,3,10-11H2,1-2H3. The van der Waals surface area contributed by atoms with Gasteiger partial charge in [0.25, 0.3) is 0 Å². The fourth-order valence-electron chi connectivity index (χ4n) is 2.28. The van der Waals surface area contributed by atoms with Crippen molar-refractivity contribution in [3.05, 3.63) is 53.9 Å². The fraction of sp³-hybridized carbons (Fsp3) is 0.353. The predicted molar refractivity (Wildman–Crippen MR) is 83.6 cm³/mol. The second-order valence-electron chi connectivity index (χ2n) is 4.85. The van der Waals surface area contributed by atoms with Gasteiger partial charge in [-0.3, -0.25) is 4.98 Å². The van der Waals surface area contributed by atoms with Gasteiger partial charge in [-0.25, -0.2) is 0 Å². The van der Waals surface area contributed by atoms with Crippen LogP contribution < -0.4 is 10.1 Å². The Kier molecular flexibility index (Phi) is 5.72. The number of hydrogen-bond donors (Lipinski definition) is 2. The van der Waals surface area contributed by atoms with Gasteiger partial charge in [-0.2, -0.15) is 0 Å². The van der Waals surface area contributed by atoms with E-state index < -0.39 is 0 Å². The number of nitrogens with zero attached hydrogens (tertiary/aromatic N) is 1. The lowest BCUT2D eigenvalue weighted by atomic mass is 10.1. The van der Waals surface area contributed by atoms with E-state index in [1.165, 1.54) is 0 Å². The predicted octanol–water partition coefficient (Wildman–Crippen LogP) is 3.08. The molecule has 112 valence electrons. The molecule has 0 amide bonds. The molecule has 0 aliphatic heterocycles. The molecular weight excluding hydrogens is 264 g/mol. The van der Waals surface area contributed by atoms with Gasteiger partial charge in [0.05, 0.1) is 11.9 Å². The first kappa shape index (κ1) is 15.5. The van der Waals surface area contributed by atoms with E-state index in [-0.39, 0.29) is 12.6 Å². The summed E-state index contributed by atoms with van der Waals surface area (Å²) in [5.74, 6) is 1.47. The molecule has 1 unspecified atom stereocenters. The summed E-state index contributed by atoms with van der Waals surface area (Å²) in [6.07, 6.45) is 3.31. The van der Waals surface area contributed by atoms with Gasteiger partial charge in [0.1, 0.15) is 11.5 Å². The molecule has 1 aromatic carbocycles. The first-order valence-electron chi connectivity index (χ1n) is 7.28. The quantitative estimate of drug-likeness (QED) is 0.821. The summed E-state index contributed by atoms with van der Waals surface area (Å²) >= 11 is 0. The van der Waals surface area contributed by atoms with Crippen molar-refractivity contribution < 1.29 is 9.84 Å². The van der Waals surface area contributed by atoms with Crippen LogP contribution >= 0.6 is 0 Å². The van der Waals surface area contributed by atoms with Crippen molar-refractivity contribution in [1.82, 2.24) is 10.3 Å². The van der Waals surface area contributed by atoms with E-state index in [9.17, 15) is 0 Å². The lowest BCUT2D eigenvalue weighted by Gasteiger charge is -2.14. The molecule has 4 nitrogen and oxygen atoms in total. The molecule has 4 heteroatoms. The Morgan fingerprint density at radius 1 is 1.24 bits per heavy atom. The number of hydrogen-bond acceptors (Lipinski definition) is 4. The average molecular weight is 286 g/mol. The van der Waals surface area contributed by atoms with E-state index in [1.54, 1.807) is 6.20 Å². The molecule has 0 saturated heterocycles. The summed E-state index contributed by atoms with van der Waals surface area (Å²) in [4.78, 5) is 4.46. The zero-order valence-electron chi connectivity index (χ0n) is 12.5. The van der Waals surface area contributed by atoms with Crippen LogP contribution in [-0.2, 0) is 6.42 Å². The van der Waals surface area contributed by atoms with Crippen molar-refractivity contribution in [3.8, 4) is 11.5 Å². The number of aromatic nitrogens is 1. The maximum atomic E-state index is 9.09. The largest absolute Gasteiger partial charge is 0.455 e. The molecular formula is C17H22N2O2. The maximum absolute atomic E-state index is 9.09.